The summed E-state index contributed by atoms with van der Waals surface area (Å²) in [4.78, 5) is 12.1. The third-order valence-corrected chi connectivity index (χ3v) is 2.82. The van der Waals surface area contributed by atoms with Crippen molar-refractivity contribution in [3.05, 3.63) is 36.0 Å². The van der Waals surface area contributed by atoms with E-state index in [9.17, 15) is 9.90 Å². The second kappa shape index (κ2) is 5.01. The molecule has 0 fully saturated rings. The number of aryl methyl sites for hydroxylation is 1. The number of nitrogens with one attached hydrogen (secondary N) is 1. The van der Waals surface area contributed by atoms with E-state index in [4.69, 9.17) is 5.73 Å². The molecular weight excluding hydrogens is 244 g/mol. The van der Waals surface area contributed by atoms with Crippen LogP contribution in [0.15, 0.2) is 30.5 Å². The van der Waals surface area contributed by atoms with Crippen LogP contribution in [0.2, 0.25) is 0 Å². The zero-order valence-corrected chi connectivity index (χ0v) is 10.8. The van der Waals surface area contributed by atoms with E-state index in [0.29, 0.717) is 11.5 Å². The minimum Gasteiger partial charge on any atom is -0.506 e. The van der Waals surface area contributed by atoms with Crippen molar-refractivity contribution in [1.29, 1.82) is 0 Å². The van der Waals surface area contributed by atoms with Gasteiger partial charge < -0.3 is 16.2 Å². The lowest BCUT2D eigenvalue weighted by Crippen LogP contribution is -2.24. The largest absolute Gasteiger partial charge is 0.506 e. The van der Waals surface area contributed by atoms with Crippen molar-refractivity contribution in [1.82, 2.24) is 9.78 Å². The van der Waals surface area contributed by atoms with E-state index in [1.54, 1.807) is 37.4 Å². The molecule has 1 aromatic carbocycles. The fraction of sp³-hybridized carbons (Fsp3) is 0.231. The molecule has 0 radical (unpaired) electrons. The number of nitrogens with two attached hydrogens (primary N) is 1. The lowest BCUT2D eigenvalue weighted by atomic mass is 10.2. The number of rotatable bonds is 3. The molecule has 0 aliphatic heterocycles. The highest BCUT2D eigenvalue weighted by Gasteiger charge is 2.17. The minimum absolute atomic E-state index is 0.0335. The number of carbonyl (C=O) groups excluding carboxylic acids is 1. The van der Waals surface area contributed by atoms with Crippen molar-refractivity contribution in [2.75, 3.05) is 11.1 Å². The molecule has 2 aromatic rings. The van der Waals surface area contributed by atoms with Gasteiger partial charge in [0.15, 0.2) is 0 Å². The highest BCUT2D eigenvalue weighted by atomic mass is 16.3. The van der Waals surface area contributed by atoms with Gasteiger partial charge in [-0.1, -0.05) is 6.07 Å². The number of carbonyl (C=O) groups is 1. The van der Waals surface area contributed by atoms with Gasteiger partial charge in [-0.2, -0.15) is 5.10 Å². The molecule has 0 aliphatic rings. The smallest absolute Gasteiger partial charge is 0.249 e. The third-order valence-electron chi connectivity index (χ3n) is 2.82. The third kappa shape index (κ3) is 2.85. The van der Waals surface area contributed by atoms with E-state index in [2.05, 4.69) is 10.4 Å². The maximum atomic E-state index is 12.1. The van der Waals surface area contributed by atoms with E-state index in [-0.39, 0.29) is 11.7 Å². The van der Waals surface area contributed by atoms with Gasteiger partial charge in [0.2, 0.25) is 5.91 Å². The predicted molar refractivity (Wildman–Crippen MR) is 72.8 cm³/mol. The molecule has 0 spiro atoms. The molecule has 100 valence electrons. The fourth-order valence-corrected chi connectivity index (χ4v) is 1.68. The Bertz CT molecular complexity index is 606. The van der Waals surface area contributed by atoms with Crippen LogP contribution < -0.4 is 11.1 Å². The van der Waals surface area contributed by atoms with Crippen LogP contribution in [0.1, 0.15) is 18.5 Å². The van der Waals surface area contributed by atoms with E-state index in [0.717, 1.165) is 5.56 Å². The molecule has 0 bridgehead atoms. The zero-order chi connectivity index (χ0) is 14.0. The molecule has 0 saturated heterocycles. The summed E-state index contributed by atoms with van der Waals surface area (Å²) in [6, 6.07) is 6.12. The lowest BCUT2D eigenvalue weighted by Gasteiger charge is -2.13. The van der Waals surface area contributed by atoms with E-state index in [1.165, 1.54) is 4.68 Å². The Morgan fingerprint density at radius 2 is 2.21 bits per heavy atom. The Morgan fingerprint density at radius 1 is 1.47 bits per heavy atom. The van der Waals surface area contributed by atoms with Gasteiger partial charge in [-0.05, 0) is 37.6 Å². The average Bonchev–Trinajstić information content (AvgIpc) is 2.79. The lowest BCUT2D eigenvalue weighted by molar-refractivity contribution is -0.119. The van der Waals surface area contributed by atoms with Crippen LogP contribution in [0.25, 0.3) is 0 Å². The van der Waals surface area contributed by atoms with Crippen molar-refractivity contribution in [3.63, 3.8) is 0 Å². The number of benzene rings is 1. The monoisotopic (exact) mass is 260 g/mol. The zero-order valence-electron chi connectivity index (χ0n) is 10.8. The molecule has 6 heteroatoms. The second-order valence-electron chi connectivity index (χ2n) is 4.41. The Labute approximate surface area is 110 Å². The number of amides is 1. The van der Waals surface area contributed by atoms with E-state index >= 15 is 0 Å². The molecule has 1 aromatic heterocycles. The molecule has 1 atom stereocenters. The van der Waals surface area contributed by atoms with Gasteiger partial charge in [0.25, 0.3) is 0 Å². The number of nitrogens with zero attached hydrogens (tertiary/aromatic N) is 2. The van der Waals surface area contributed by atoms with Crippen molar-refractivity contribution in [3.8, 4) is 5.75 Å². The van der Waals surface area contributed by atoms with Crippen LogP contribution in [-0.2, 0) is 4.79 Å². The molecule has 0 aliphatic carbocycles. The summed E-state index contributed by atoms with van der Waals surface area (Å²) in [7, 11) is 0. The average molecular weight is 260 g/mol. The number of hydrogen-bond donors (Lipinski definition) is 3. The number of aromatic nitrogens is 2. The van der Waals surface area contributed by atoms with Crippen LogP contribution in [0.4, 0.5) is 11.5 Å². The number of nitrogen functional groups attached to an aromatic ring is 1. The normalized spacial score (nSPS) is 12.1. The Kier molecular flexibility index (Phi) is 3.41. The predicted octanol–water partition coefficient (Wildman–Crippen LogP) is 1.68. The first-order valence-corrected chi connectivity index (χ1v) is 5.88. The van der Waals surface area contributed by atoms with Gasteiger partial charge in [-0.15, -0.1) is 0 Å². The molecule has 0 saturated carbocycles. The summed E-state index contributed by atoms with van der Waals surface area (Å²) in [6.45, 7) is 3.58. The summed E-state index contributed by atoms with van der Waals surface area (Å²) in [5, 5.41) is 16.3. The van der Waals surface area contributed by atoms with Gasteiger partial charge in [-0.3, -0.25) is 9.48 Å². The number of anilines is 2. The van der Waals surface area contributed by atoms with Gasteiger partial charge in [0.05, 0.1) is 5.69 Å². The van der Waals surface area contributed by atoms with Crippen molar-refractivity contribution in [2.24, 2.45) is 0 Å². The van der Waals surface area contributed by atoms with E-state index < -0.39 is 6.04 Å². The van der Waals surface area contributed by atoms with Gasteiger partial charge in [-0.25, -0.2) is 0 Å². The van der Waals surface area contributed by atoms with Crippen LogP contribution in [0.3, 0.4) is 0 Å². The Balaban J connectivity index is 2.14. The molecule has 6 nitrogen and oxygen atoms in total. The molecule has 1 amide bonds. The molecule has 1 heterocycles. The maximum absolute atomic E-state index is 12.1. The summed E-state index contributed by atoms with van der Waals surface area (Å²) in [5.74, 6) is 0.119. The Morgan fingerprint density at radius 3 is 2.84 bits per heavy atom. The van der Waals surface area contributed by atoms with Crippen molar-refractivity contribution >= 4 is 17.4 Å². The highest BCUT2D eigenvalue weighted by molar-refractivity contribution is 5.94. The van der Waals surface area contributed by atoms with E-state index in [1.807, 2.05) is 6.92 Å². The standard InChI is InChI=1S/C13H16N4O2/c1-8-3-4-11(18)10(7-8)15-13(19)9(2)17-6-5-12(14)16-17/h3-7,9,18H,1-2H3,(H2,14,16)(H,15,19). The quantitative estimate of drug-likeness (QED) is 0.732. The SMILES string of the molecule is Cc1ccc(O)c(NC(=O)C(C)n2ccc(N)n2)c1. The number of phenols is 1. The van der Waals surface area contributed by atoms with Crippen molar-refractivity contribution < 1.29 is 9.90 Å². The maximum Gasteiger partial charge on any atom is 0.249 e. The summed E-state index contributed by atoms with van der Waals surface area (Å²) >= 11 is 0. The van der Waals surface area contributed by atoms with Gasteiger partial charge in [0, 0.05) is 6.20 Å². The number of aromatic hydroxyl groups is 1. The second-order valence-corrected chi connectivity index (χ2v) is 4.41. The summed E-state index contributed by atoms with van der Waals surface area (Å²) in [5.41, 5.74) is 6.84. The first-order chi connectivity index (χ1) is 8.97. The molecule has 19 heavy (non-hydrogen) atoms. The highest BCUT2D eigenvalue weighted by Crippen LogP contribution is 2.24. The number of hydrogen-bond acceptors (Lipinski definition) is 4. The van der Waals surface area contributed by atoms with Crippen LogP contribution in [-0.4, -0.2) is 20.8 Å². The minimum atomic E-state index is -0.516. The first-order valence-electron chi connectivity index (χ1n) is 5.88. The Hall–Kier alpha value is -2.50. The van der Waals surface area contributed by atoms with Gasteiger partial charge in [0.1, 0.15) is 17.6 Å². The fourth-order valence-electron chi connectivity index (χ4n) is 1.68. The molecule has 4 N–H and O–H groups in total. The first kappa shape index (κ1) is 12.9. The van der Waals surface area contributed by atoms with Crippen LogP contribution in [0.5, 0.6) is 5.75 Å². The van der Waals surface area contributed by atoms with Gasteiger partial charge >= 0.3 is 0 Å². The molecule has 2 rings (SSSR count). The summed E-state index contributed by atoms with van der Waals surface area (Å²) < 4.78 is 1.47. The van der Waals surface area contributed by atoms with Crippen LogP contribution in [0, 0.1) is 6.92 Å². The molecule has 1 unspecified atom stereocenters. The summed E-state index contributed by atoms with van der Waals surface area (Å²) in [6.07, 6.45) is 1.63. The topological polar surface area (TPSA) is 93.2 Å². The van der Waals surface area contributed by atoms with Crippen LogP contribution >= 0.6 is 0 Å². The van der Waals surface area contributed by atoms with Crippen molar-refractivity contribution in [2.45, 2.75) is 19.9 Å². The molecular formula is C13H16N4O2. The number of phenolic OH excluding ortho intramolecular Hbond substituents is 1.